The molecule has 2 fully saturated rings. The zero-order chi connectivity index (χ0) is 18.1. The Morgan fingerprint density at radius 1 is 1.38 bits per heavy atom. The average molecular weight is 355 g/mol. The molecule has 2 aliphatic rings. The van der Waals surface area contributed by atoms with Gasteiger partial charge >= 0.3 is 0 Å². The number of amides is 1. The van der Waals surface area contributed by atoms with Gasteiger partial charge in [0.25, 0.3) is 5.91 Å². The molecular formula is C19H25N5O2. The first-order chi connectivity index (χ1) is 12.6. The van der Waals surface area contributed by atoms with Gasteiger partial charge in [-0.2, -0.15) is 0 Å². The zero-order valence-electron chi connectivity index (χ0n) is 15.0. The highest BCUT2D eigenvalue weighted by Gasteiger charge is 2.33. The number of aromatic nitrogens is 3. The van der Waals surface area contributed by atoms with Gasteiger partial charge in [0.15, 0.2) is 0 Å². The van der Waals surface area contributed by atoms with Crippen LogP contribution in [0.5, 0.6) is 0 Å². The van der Waals surface area contributed by atoms with Crippen molar-refractivity contribution in [1.29, 1.82) is 0 Å². The first kappa shape index (κ1) is 17.0. The van der Waals surface area contributed by atoms with E-state index in [1.807, 2.05) is 18.2 Å². The van der Waals surface area contributed by atoms with Gasteiger partial charge in [-0.25, -0.2) is 9.97 Å². The number of nitrogens with zero attached hydrogens (tertiary/aromatic N) is 3. The Morgan fingerprint density at radius 2 is 2.23 bits per heavy atom. The van der Waals surface area contributed by atoms with Gasteiger partial charge in [-0.05, 0) is 37.8 Å². The number of β-amino-alcohol motifs (C(OH)–C–C–N with tert-alkyl or cyclic N) is 1. The van der Waals surface area contributed by atoms with E-state index in [2.05, 4.69) is 32.1 Å². The average Bonchev–Trinajstić information content (AvgIpc) is 3.26. The standard InChI is InChI=1S/C19H25N5O2/c1-2-13-3-4-16(22-13)19(26)23-14-7-12(8-14)17-9-18(21-11-20-17)24-6-5-15(25)10-24/h3-4,9,11-12,14-15,22,25H,2,5-8,10H2,1H3,(H,23,26). The van der Waals surface area contributed by atoms with E-state index in [-0.39, 0.29) is 18.1 Å². The number of H-pyrrole nitrogens is 1. The van der Waals surface area contributed by atoms with Crippen LogP contribution in [0.2, 0.25) is 0 Å². The summed E-state index contributed by atoms with van der Waals surface area (Å²) in [7, 11) is 0. The third kappa shape index (κ3) is 3.44. The van der Waals surface area contributed by atoms with E-state index in [1.165, 1.54) is 0 Å². The second kappa shape index (κ2) is 7.07. The normalized spacial score (nSPS) is 25.2. The van der Waals surface area contributed by atoms with E-state index in [4.69, 9.17) is 0 Å². The van der Waals surface area contributed by atoms with Crippen LogP contribution >= 0.6 is 0 Å². The van der Waals surface area contributed by atoms with Crippen LogP contribution in [0.4, 0.5) is 5.82 Å². The van der Waals surface area contributed by atoms with Crippen molar-refractivity contribution < 1.29 is 9.90 Å². The molecule has 2 aromatic rings. The highest BCUT2D eigenvalue weighted by atomic mass is 16.3. The number of anilines is 1. The molecule has 4 rings (SSSR count). The Labute approximate surface area is 152 Å². The van der Waals surface area contributed by atoms with E-state index < -0.39 is 0 Å². The fourth-order valence-corrected chi connectivity index (χ4v) is 3.73. The van der Waals surface area contributed by atoms with Crippen molar-refractivity contribution in [2.75, 3.05) is 18.0 Å². The second-order valence-electron chi connectivity index (χ2n) is 7.28. The monoisotopic (exact) mass is 355 g/mol. The fourth-order valence-electron chi connectivity index (χ4n) is 3.73. The lowest BCUT2D eigenvalue weighted by molar-refractivity contribution is 0.0903. The first-order valence-corrected chi connectivity index (χ1v) is 9.36. The van der Waals surface area contributed by atoms with Crippen molar-refractivity contribution in [3.63, 3.8) is 0 Å². The van der Waals surface area contributed by atoms with E-state index in [1.54, 1.807) is 6.33 Å². The molecule has 1 saturated carbocycles. The third-order valence-electron chi connectivity index (χ3n) is 5.42. The summed E-state index contributed by atoms with van der Waals surface area (Å²) in [5.74, 6) is 1.20. The lowest BCUT2D eigenvalue weighted by atomic mass is 9.78. The molecule has 1 aliphatic heterocycles. The lowest BCUT2D eigenvalue weighted by Crippen LogP contribution is -2.43. The van der Waals surface area contributed by atoms with Crippen molar-refractivity contribution >= 4 is 11.7 Å². The van der Waals surface area contributed by atoms with Crippen LogP contribution in [0.25, 0.3) is 0 Å². The van der Waals surface area contributed by atoms with E-state index >= 15 is 0 Å². The molecule has 1 atom stereocenters. The van der Waals surface area contributed by atoms with Crippen LogP contribution in [-0.4, -0.2) is 51.2 Å². The molecule has 7 nitrogen and oxygen atoms in total. The van der Waals surface area contributed by atoms with Crippen LogP contribution in [0.15, 0.2) is 24.5 Å². The number of aliphatic hydroxyl groups is 1. The van der Waals surface area contributed by atoms with Gasteiger partial charge in [-0.3, -0.25) is 4.79 Å². The molecule has 138 valence electrons. The van der Waals surface area contributed by atoms with Gasteiger partial charge in [0, 0.05) is 42.5 Å². The number of hydrogen-bond acceptors (Lipinski definition) is 5. The minimum atomic E-state index is -0.266. The van der Waals surface area contributed by atoms with Crippen LogP contribution < -0.4 is 10.2 Å². The van der Waals surface area contributed by atoms with Crippen molar-refractivity contribution in [2.45, 2.75) is 50.7 Å². The third-order valence-corrected chi connectivity index (χ3v) is 5.42. The molecule has 1 unspecified atom stereocenters. The molecule has 26 heavy (non-hydrogen) atoms. The van der Waals surface area contributed by atoms with Crippen LogP contribution in [0.3, 0.4) is 0 Å². The van der Waals surface area contributed by atoms with Gasteiger partial charge in [-0.1, -0.05) is 6.92 Å². The molecule has 0 bridgehead atoms. The van der Waals surface area contributed by atoms with Crippen molar-refractivity contribution in [1.82, 2.24) is 20.3 Å². The zero-order valence-corrected chi connectivity index (χ0v) is 15.0. The number of nitrogens with one attached hydrogen (secondary N) is 2. The van der Waals surface area contributed by atoms with E-state index in [0.717, 1.165) is 49.4 Å². The molecule has 3 heterocycles. The number of carbonyl (C=O) groups excluding carboxylic acids is 1. The number of aromatic amines is 1. The molecule has 3 N–H and O–H groups in total. The van der Waals surface area contributed by atoms with E-state index in [0.29, 0.717) is 18.2 Å². The second-order valence-corrected chi connectivity index (χ2v) is 7.28. The summed E-state index contributed by atoms with van der Waals surface area (Å²) < 4.78 is 0. The number of rotatable bonds is 5. The molecule has 1 amide bonds. The van der Waals surface area contributed by atoms with Crippen LogP contribution in [-0.2, 0) is 6.42 Å². The Morgan fingerprint density at radius 3 is 2.92 bits per heavy atom. The highest BCUT2D eigenvalue weighted by molar-refractivity contribution is 5.92. The number of carbonyl (C=O) groups is 1. The van der Waals surface area contributed by atoms with Crippen LogP contribution in [0, 0.1) is 0 Å². The quantitative estimate of drug-likeness (QED) is 0.758. The highest BCUT2D eigenvalue weighted by Crippen LogP contribution is 2.37. The maximum absolute atomic E-state index is 12.3. The summed E-state index contributed by atoms with van der Waals surface area (Å²) in [5, 5.41) is 12.8. The molecule has 0 radical (unpaired) electrons. The number of aryl methyl sites for hydroxylation is 1. The van der Waals surface area contributed by atoms with Crippen molar-refractivity contribution in [3.05, 3.63) is 41.6 Å². The predicted octanol–water partition coefficient (Wildman–Crippen LogP) is 1.61. The van der Waals surface area contributed by atoms with E-state index in [9.17, 15) is 9.90 Å². The summed E-state index contributed by atoms with van der Waals surface area (Å²) in [6.07, 6.45) is 4.81. The van der Waals surface area contributed by atoms with Gasteiger partial charge in [-0.15, -0.1) is 0 Å². The molecule has 1 saturated heterocycles. The maximum atomic E-state index is 12.3. The number of aliphatic hydroxyl groups excluding tert-OH is 1. The minimum Gasteiger partial charge on any atom is -0.391 e. The number of hydrogen-bond donors (Lipinski definition) is 3. The SMILES string of the molecule is CCc1ccc(C(=O)NC2CC(c3cc(N4CCC(O)C4)ncn3)C2)[nH]1. The Hall–Kier alpha value is -2.41. The maximum Gasteiger partial charge on any atom is 0.267 e. The molecule has 0 spiro atoms. The summed E-state index contributed by atoms with van der Waals surface area (Å²) in [6.45, 7) is 3.52. The molecule has 1 aliphatic carbocycles. The van der Waals surface area contributed by atoms with Gasteiger partial charge in [0.05, 0.1) is 6.10 Å². The smallest absolute Gasteiger partial charge is 0.267 e. The summed E-state index contributed by atoms with van der Waals surface area (Å²) >= 11 is 0. The predicted molar refractivity (Wildman–Crippen MR) is 98.3 cm³/mol. The minimum absolute atomic E-state index is 0.0393. The van der Waals surface area contributed by atoms with Crippen molar-refractivity contribution in [3.8, 4) is 0 Å². The fraction of sp³-hybridized carbons (Fsp3) is 0.526. The molecule has 7 heteroatoms. The summed E-state index contributed by atoms with van der Waals surface area (Å²) in [4.78, 5) is 26.3. The van der Waals surface area contributed by atoms with Crippen molar-refractivity contribution in [2.24, 2.45) is 0 Å². The Kier molecular flexibility index (Phi) is 4.63. The lowest BCUT2D eigenvalue weighted by Gasteiger charge is -2.35. The van der Waals surface area contributed by atoms with Gasteiger partial charge < -0.3 is 20.3 Å². The van der Waals surface area contributed by atoms with Gasteiger partial charge in [0.2, 0.25) is 0 Å². The topological polar surface area (TPSA) is 94.1 Å². The van der Waals surface area contributed by atoms with Gasteiger partial charge in [0.1, 0.15) is 17.8 Å². The molecule has 0 aromatic carbocycles. The molecule has 2 aromatic heterocycles. The summed E-state index contributed by atoms with van der Waals surface area (Å²) in [6, 6.07) is 6.01. The largest absolute Gasteiger partial charge is 0.391 e. The Bertz CT molecular complexity index is 784. The summed E-state index contributed by atoms with van der Waals surface area (Å²) in [5.41, 5.74) is 2.72. The molecular weight excluding hydrogens is 330 g/mol. The van der Waals surface area contributed by atoms with Crippen LogP contribution in [0.1, 0.15) is 54.0 Å². The first-order valence-electron chi connectivity index (χ1n) is 9.36. The Balaban J connectivity index is 1.32.